The molecule has 1 aromatic rings. The van der Waals surface area contributed by atoms with Crippen LogP contribution in [0.15, 0.2) is 17.5 Å². The molecule has 1 heterocycles. The highest BCUT2D eigenvalue weighted by Crippen LogP contribution is 2.42. The summed E-state index contributed by atoms with van der Waals surface area (Å²) in [5.74, 6) is -1.45. The zero-order chi connectivity index (χ0) is 13.2. The fourth-order valence-electron chi connectivity index (χ4n) is 2.36. The molecule has 1 saturated carbocycles. The lowest BCUT2D eigenvalue weighted by Crippen LogP contribution is -2.40. The van der Waals surface area contributed by atoms with Crippen LogP contribution in [0.5, 0.6) is 0 Å². The summed E-state index contributed by atoms with van der Waals surface area (Å²) in [7, 11) is 1.27. The topological polar surface area (TPSA) is 67.2 Å². The molecule has 0 aromatic carbocycles. The second-order valence-corrected chi connectivity index (χ2v) is 5.37. The number of hydrogen-bond acceptors (Lipinski definition) is 5. The SMILES string of the molecule is COC(=O)C1CC(C#N)(c2cccs2)CCC1=O. The Morgan fingerprint density at radius 3 is 3.00 bits per heavy atom. The van der Waals surface area contributed by atoms with Gasteiger partial charge >= 0.3 is 5.97 Å². The second-order valence-electron chi connectivity index (χ2n) is 4.42. The summed E-state index contributed by atoms with van der Waals surface area (Å²) in [5.41, 5.74) is -0.721. The van der Waals surface area contributed by atoms with Crippen molar-refractivity contribution in [1.29, 1.82) is 5.26 Å². The fourth-order valence-corrected chi connectivity index (χ4v) is 3.28. The van der Waals surface area contributed by atoms with Crippen molar-refractivity contribution in [2.24, 2.45) is 5.92 Å². The minimum atomic E-state index is -0.800. The van der Waals surface area contributed by atoms with Gasteiger partial charge in [-0.2, -0.15) is 5.26 Å². The first-order valence-corrected chi connectivity index (χ1v) is 6.57. The van der Waals surface area contributed by atoms with E-state index >= 15 is 0 Å². The Morgan fingerprint density at radius 1 is 1.67 bits per heavy atom. The molecule has 2 rings (SSSR count). The second kappa shape index (κ2) is 4.91. The summed E-state index contributed by atoms with van der Waals surface area (Å²) >= 11 is 1.49. The molecule has 94 valence electrons. The third-order valence-electron chi connectivity index (χ3n) is 3.43. The highest BCUT2D eigenvalue weighted by Gasteiger charge is 2.45. The van der Waals surface area contributed by atoms with Gasteiger partial charge in [0.05, 0.1) is 18.6 Å². The van der Waals surface area contributed by atoms with Crippen LogP contribution in [0.4, 0.5) is 0 Å². The van der Waals surface area contributed by atoms with Crippen molar-refractivity contribution >= 4 is 23.1 Å². The molecule has 2 atom stereocenters. The van der Waals surface area contributed by atoms with Crippen LogP contribution in [0, 0.1) is 17.2 Å². The normalized spacial score (nSPS) is 27.6. The molecule has 1 aliphatic carbocycles. The minimum absolute atomic E-state index is 0.121. The number of ether oxygens (including phenoxy) is 1. The molecule has 1 aliphatic rings. The number of nitrogens with zero attached hydrogens (tertiary/aromatic N) is 1. The molecule has 0 saturated heterocycles. The molecule has 0 bridgehead atoms. The molecule has 5 heteroatoms. The van der Waals surface area contributed by atoms with E-state index in [1.807, 2.05) is 17.5 Å². The summed E-state index contributed by atoms with van der Waals surface area (Å²) < 4.78 is 4.65. The third-order valence-corrected chi connectivity index (χ3v) is 4.51. The fraction of sp³-hybridized carbons (Fsp3) is 0.462. The first-order chi connectivity index (χ1) is 8.63. The lowest BCUT2D eigenvalue weighted by Gasteiger charge is -2.32. The Morgan fingerprint density at radius 2 is 2.44 bits per heavy atom. The zero-order valence-corrected chi connectivity index (χ0v) is 10.8. The van der Waals surface area contributed by atoms with Crippen molar-refractivity contribution in [2.45, 2.75) is 24.7 Å². The molecule has 2 unspecified atom stereocenters. The number of rotatable bonds is 2. The summed E-state index contributed by atoms with van der Waals surface area (Å²) in [6.45, 7) is 0. The van der Waals surface area contributed by atoms with E-state index in [1.165, 1.54) is 18.4 Å². The summed E-state index contributed by atoms with van der Waals surface area (Å²) in [4.78, 5) is 24.3. The van der Waals surface area contributed by atoms with Crippen LogP contribution in [0.25, 0.3) is 0 Å². The van der Waals surface area contributed by atoms with Gasteiger partial charge in [-0.1, -0.05) is 6.07 Å². The van der Waals surface area contributed by atoms with Gasteiger partial charge in [0, 0.05) is 11.3 Å². The van der Waals surface area contributed by atoms with Crippen LogP contribution in [0.2, 0.25) is 0 Å². The van der Waals surface area contributed by atoms with Crippen LogP contribution >= 0.6 is 11.3 Å². The predicted octanol–water partition coefficient (Wildman–Crippen LogP) is 2.05. The van der Waals surface area contributed by atoms with Gasteiger partial charge in [-0.05, 0) is 24.3 Å². The van der Waals surface area contributed by atoms with E-state index in [0.29, 0.717) is 6.42 Å². The van der Waals surface area contributed by atoms with Crippen molar-refractivity contribution < 1.29 is 14.3 Å². The minimum Gasteiger partial charge on any atom is -0.468 e. The summed E-state index contributed by atoms with van der Waals surface area (Å²) in [5, 5.41) is 11.4. The number of Topliss-reactive ketones (excluding diaryl/α,β-unsaturated/α-hetero) is 1. The molecule has 0 amide bonds. The summed E-state index contributed by atoms with van der Waals surface area (Å²) in [6.07, 6.45) is 0.969. The number of carbonyl (C=O) groups is 2. The van der Waals surface area contributed by atoms with E-state index < -0.39 is 17.3 Å². The van der Waals surface area contributed by atoms with Gasteiger partial charge in [0.2, 0.25) is 0 Å². The van der Waals surface area contributed by atoms with Gasteiger partial charge in [-0.3, -0.25) is 9.59 Å². The van der Waals surface area contributed by atoms with Crippen LogP contribution < -0.4 is 0 Å². The Hall–Kier alpha value is -1.67. The average molecular weight is 263 g/mol. The molecule has 0 spiro atoms. The number of nitriles is 1. The van der Waals surface area contributed by atoms with E-state index in [4.69, 9.17) is 0 Å². The Balaban J connectivity index is 2.33. The first-order valence-electron chi connectivity index (χ1n) is 5.69. The van der Waals surface area contributed by atoms with Crippen molar-refractivity contribution in [3.05, 3.63) is 22.4 Å². The largest absolute Gasteiger partial charge is 0.468 e. The van der Waals surface area contributed by atoms with E-state index in [-0.39, 0.29) is 18.6 Å². The standard InChI is InChI=1S/C13H13NO3S/c1-17-12(16)9-7-13(8-14,5-4-10(9)15)11-3-2-6-18-11/h2-3,6,9H,4-5,7H2,1H3. The van der Waals surface area contributed by atoms with Crippen LogP contribution in [0.3, 0.4) is 0 Å². The number of methoxy groups -OCH3 is 1. The van der Waals surface area contributed by atoms with E-state index in [0.717, 1.165) is 4.88 Å². The van der Waals surface area contributed by atoms with Crippen molar-refractivity contribution in [3.63, 3.8) is 0 Å². The molecule has 1 fully saturated rings. The molecule has 1 aromatic heterocycles. The van der Waals surface area contributed by atoms with Gasteiger partial charge < -0.3 is 4.74 Å². The predicted molar refractivity (Wildman–Crippen MR) is 66.0 cm³/mol. The van der Waals surface area contributed by atoms with Crippen LogP contribution in [-0.4, -0.2) is 18.9 Å². The smallest absolute Gasteiger partial charge is 0.316 e. The Labute approximate surface area is 109 Å². The lowest BCUT2D eigenvalue weighted by molar-refractivity contribution is -0.151. The van der Waals surface area contributed by atoms with Gasteiger partial charge in [-0.15, -0.1) is 11.3 Å². The molecular weight excluding hydrogens is 250 g/mol. The number of hydrogen-bond donors (Lipinski definition) is 0. The molecule has 0 radical (unpaired) electrons. The van der Waals surface area contributed by atoms with Gasteiger partial charge in [0.25, 0.3) is 0 Å². The van der Waals surface area contributed by atoms with E-state index in [1.54, 1.807) is 0 Å². The van der Waals surface area contributed by atoms with Gasteiger partial charge in [0.15, 0.2) is 0 Å². The van der Waals surface area contributed by atoms with Crippen molar-refractivity contribution in [3.8, 4) is 6.07 Å². The maximum Gasteiger partial charge on any atom is 0.316 e. The lowest BCUT2D eigenvalue weighted by atomic mass is 9.69. The quantitative estimate of drug-likeness (QED) is 0.605. The van der Waals surface area contributed by atoms with Gasteiger partial charge in [0.1, 0.15) is 11.7 Å². The van der Waals surface area contributed by atoms with Crippen LogP contribution in [0.1, 0.15) is 24.1 Å². The monoisotopic (exact) mass is 263 g/mol. The maximum absolute atomic E-state index is 11.8. The van der Waals surface area contributed by atoms with E-state index in [9.17, 15) is 14.9 Å². The molecule has 18 heavy (non-hydrogen) atoms. The van der Waals surface area contributed by atoms with Crippen molar-refractivity contribution in [1.82, 2.24) is 0 Å². The molecule has 4 nitrogen and oxygen atoms in total. The highest BCUT2D eigenvalue weighted by atomic mass is 32.1. The van der Waals surface area contributed by atoms with Gasteiger partial charge in [-0.25, -0.2) is 0 Å². The Bertz CT molecular complexity index is 495. The number of ketones is 1. The number of esters is 1. The zero-order valence-electron chi connectivity index (χ0n) is 10.0. The summed E-state index contributed by atoms with van der Waals surface area (Å²) in [6, 6.07) is 6.06. The number of thiophene rings is 1. The van der Waals surface area contributed by atoms with Crippen LogP contribution in [-0.2, 0) is 19.7 Å². The molecule has 0 aliphatic heterocycles. The number of carbonyl (C=O) groups excluding carboxylic acids is 2. The van der Waals surface area contributed by atoms with Crippen molar-refractivity contribution in [2.75, 3.05) is 7.11 Å². The first kappa shape index (κ1) is 12.8. The van der Waals surface area contributed by atoms with E-state index in [2.05, 4.69) is 10.8 Å². The highest BCUT2D eigenvalue weighted by molar-refractivity contribution is 7.10. The molecular formula is C13H13NO3S. The maximum atomic E-state index is 11.8. The average Bonchev–Trinajstić information content (AvgIpc) is 2.93. The Kier molecular flexibility index (Phi) is 3.48. The third kappa shape index (κ3) is 2.04. The molecule has 0 N–H and O–H groups in total.